The second-order valence-electron chi connectivity index (χ2n) is 6.37. The second kappa shape index (κ2) is 6.99. The molecule has 0 aromatic carbocycles. The van der Waals surface area contributed by atoms with Crippen LogP contribution in [0.3, 0.4) is 0 Å². The lowest BCUT2D eigenvalue weighted by Crippen LogP contribution is -2.51. The first-order chi connectivity index (χ1) is 11.4. The molecule has 2 aromatic heterocycles. The van der Waals surface area contributed by atoms with Crippen LogP contribution < -0.4 is 4.90 Å². The van der Waals surface area contributed by atoms with Gasteiger partial charge in [-0.15, -0.1) is 0 Å². The number of ether oxygens (including phenoxy) is 1. The van der Waals surface area contributed by atoms with Crippen molar-refractivity contribution in [3.63, 3.8) is 0 Å². The van der Waals surface area contributed by atoms with Gasteiger partial charge in [0.05, 0.1) is 30.6 Å². The third kappa shape index (κ3) is 3.42. The van der Waals surface area contributed by atoms with Crippen LogP contribution >= 0.6 is 11.3 Å². The minimum Gasteiger partial charge on any atom is -0.374 e. The lowest BCUT2D eigenvalue weighted by Gasteiger charge is -2.41. The number of aromatic nitrogens is 1. The number of fused-ring (bicyclic) bond motifs is 1. The van der Waals surface area contributed by atoms with Crippen LogP contribution in [-0.2, 0) is 11.3 Å². The molecule has 4 nitrogen and oxygen atoms in total. The largest absolute Gasteiger partial charge is 0.374 e. The fourth-order valence-corrected chi connectivity index (χ4v) is 4.44. The van der Waals surface area contributed by atoms with Gasteiger partial charge in [0.25, 0.3) is 0 Å². The molecular formula is C18H23N3OS. The van der Waals surface area contributed by atoms with Crippen LogP contribution in [0, 0.1) is 0 Å². The number of likely N-dealkylation sites (tertiary alicyclic amines) is 1. The quantitative estimate of drug-likeness (QED) is 0.865. The van der Waals surface area contributed by atoms with E-state index in [4.69, 9.17) is 4.74 Å². The van der Waals surface area contributed by atoms with E-state index in [1.54, 1.807) is 11.3 Å². The predicted octanol–water partition coefficient (Wildman–Crippen LogP) is 3.01. The maximum atomic E-state index is 6.11. The average Bonchev–Trinajstić information content (AvgIpc) is 3.02. The van der Waals surface area contributed by atoms with Crippen molar-refractivity contribution < 1.29 is 4.74 Å². The number of nitrogens with zero attached hydrogens (tertiary/aromatic N) is 3. The summed E-state index contributed by atoms with van der Waals surface area (Å²) in [7, 11) is 0. The summed E-state index contributed by atoms with van der Waals surface area (Å²) in [6, 6.07) is 6.91. The zero-order chi connectivity index (χ0) is 15.5. The number of anilines is 1. The molecule has 4 heterocycles. The molecule has 0 aliphatic carbocycles. The third-order valence-electron chi connectivity index (χ3n) is 4.93. The Morgan fingerprint density at radius 1 is 1.22 bits per heavy atom. The van der Waals surface area contributed by atoms with E-state index in [-0.39, 0.29) is 0 Å². The lowest BCUT2D eigenvalue weighted by atomic mass is 10.0. The van der Waals surface area contributed by atoms with Crippen LogP contribution in [0.1, 0.15) is 18.4 Å². The molecule has 2 aliphatic heterocycles. The summed E-state index contributed by atoms with van der Waals surface area (Å²) in [5.41, 5.74) is 2.67. The van der Waals surface area contributed by atoms with Crippen LogP contribution in [0.15, 0.2) is 41.4 Å². The van der Waals surface area contributed by atoms with Crippen LogP contribution in [0.4, 0.5) is 5.69 Å². The first kappa shape index (κ1) is 15.1. The van der Waals surface area contributed by atoms with Gasteiger partial charge in [-0.1, -0.05) is 0 Å². The van der Waals surface area contributed by atoms with Crippen molar-refractivity contribution >= 4 is 17.0 Å². The van der Waals surface area contributed by atoms with Gasteiger partial charge in [-0.05, 0) is 47.4 Å². The van der Waals surface area contributed by atoms with Gasteiger partial charge in [0.2, 0.25) is 0 Å². The number of hydrogen-bond acceptors (Lipinski definition) is 5. The number of morpholine rings is 1. The summed E-state index contributed by atoms with van der Waals surface area (Å²) in [5, 5.41) is 4.43. The van der Waals surface area contributed by atoms with E-state index in [1.165, 1.54) is 11.3 Å². The Bertz CT molecular complexity index is 604. The second-order valence-corrected chi connectivity index (χ2v) is 7.15. The SMILES string of the molecule is c1cncc(N2CCO[C@@H]3CCN(Cc4ccsc4)CC[C@@H]32)c1. The highest BCUT2D eigenvalue weighted by Crippen LogP contribution is 2.28. The van der Waals surface area contributed by atoms with Crippen molar-refractivity contribution in [1.29, 1.82) is 0 Å². The fraction of sp³-hybridized carbons (Fsp3) is 0.500. The number of hydrogen-bond donors (Lipinski definition) is 0. The first-order valence-electron chi connectivity index (χ1n) is 8.42. The highest BCUT2D eigenvalue weighted by molar-refractivity contribution is 7.07. The van der Waals surface area contributed by atoms with E-state index < -0.39 is 0 Å². The molecule has 0 N–H and O–H groups in total. The van der Waals surface area contributed by atoms with Crippen LogP contribution in [0.25, 0.3) is 0 Å². The van der Waals surface area contributed by atoms with Crippen molar-refractivity contribution in [2.45, 2.75) is 31.5 Å². The summed E-state index contributed by atoms with van der Waals surface area (Å²) in [6.45, 7) is 5.11. The van der Waals surface area contributed by atoms with Gasteiger partial charge in [-0.2, -0.15) is 11.3 Å². The molecule has 23 heavy (non-hydrogen) atoms. The minimum absolute atomic E-state index is 0.344. The van der Waals surface area contributed by atoms with Gasteiger partial charge >= 0.3 is 0 Å². The summed E-state index contributed by atoms with van der Waals surface area (Å²) in [4.78, 5) is 9.38. The maximum absolute atomic E-state index is 6.11. The Kier molecular flexibility index (Phi) is 4.60. The summed E-state index contributed by atoms with van der Waals surface area (Å²) < 4.78 is 6.11. The Morgan fingerprint density at radius 2 is 2.17 bits per heavy atom. The van der Waals surface area contributed by atoms with Crippen LogP contribution in [0.5, 0.6) is 0 Å². The Hall–Kier alpha value is -1.43. The monoisotopic (exact) mass is 329 g/mol. The predicted molar refractivity (Wildman–Crippen MR) is 93.9 cm³/mol. The van der Waals surface area contributed by atoms with Crippen molar-refractivity contribution in [1.82, 2.24) is 9.88 Å². The molecule has 2 aliphatic rings. The standard InChI is InChI=1S/C18H23N3OS/c1-2-16(12-19-6-1)21-9-10-22-18-4-8-20(7-3-17(18)21)13-15-5-11-23-14-15/h1-2,5-6,11-12,14,17-18H,3-4,7-10,13H2/t17-,18+/m0/s1. The van der Waals surface area contributed by atoms with Crippen LogP contribution in [0.2, 0.25) is 0 Å². The number of pyridine rings is 1. The molecule has 2 fully saturated rings. The van der Waals surface area contributed by atoms with Gasteiger partial charge in [-0.25, -0.2) is 0 Å². The zero-order valence-corrected chi connectivity index (χ0v) is 14.1. The molecule has 0 amide bonds. The van der Waals surface area contributed by atoms with Gasteiger partial charge in [0.1, 0.15) is 0 Å². The summed E-state index contributed by atoms with van der Waals surface area (Å²) in [5.74, 6) is 0. The third-order valence-corrected chi connectivity index (χ3v) is 5.66. The molecule has 0 unspecified atom stereocenters. The Morgan fingerprint density at radius 3 is 3.00 bits per heavy atom. The zero-order valence-electron chi connectivity index (χ0n) is 13.3. The van der Waals surface area contributed by atoms with E-state index in [2.05, 4.69) is 37.7 Å². The highest BCUT2D eigenvalue weighted by atomic mass is 32.1. The summed E-state index contributed by atoms with van der Waals surface area (Å²) in [6.07, 6.45) is 6.44. The van der Waals surface area contributed by atoms with Crippen LogP contribution in [-0.4, -0.2) is 48.3 Å². The van der Waals surface area contributed by atoms with E-state index in [1.807, 2.05) is 18.5 Å². The molecule has 4 rings (SSSR count). The molecular weight excluding hydrogens is 306 g/mol. The number of rotatable bonds is 3. The van der Waals surface area contributed by atoms with Gasteiger partial charge in [0.15, 0.2) is 0 Å². The molecule has 5 heteroatoms. The molecule has 2 atom stereocenters. The Labute approximate surface area is 141 Å². The van der Waals surface area contributed by atoms with E-state index in [9.17, 15) is 0 Å². The maximum Gasteiger partial charge on any atom is 0.0791 e. The molecule has 2 saturated heterocycles. The molecule has 0 saturated carbocycles. The van der Waals surface area contributed by atoms with E-state index in [0.717, 1.165) is 45.6 Å². The highest BCUT2D eigenvalue weighted by Gasteiger charge is 2.34. The van der Waals surface area contributed by atoms with Crippen molar-refractivity contribution in [3.05, 3.63) is 46.9 Å². The van der Waals surface area contributed by atoms with Crippen molar-refractivity contribution in [2.75, 3.05) is 31.1 Å². The van der Waals surface area contributed by atoms with Gasteiger partial charge in [-0.3, -0.25) is 9.88 Å². The van der Waals surface area contributed by atoms with E-state index in [0.29, 0.717) is 12.1 Å². The molecule has 122 valence electrons. The fourth-order valence-electron chi connectivity index (χ4n) is 3.78. The van der Waals surface area contributed by atoms with Gasteiger partial charge in [0, 0.05) is 32.4 Å². The average molecular weight is 329 g/mol. The lowest BCUT2D eigenvalue weighted by molar-refractivity contribution is 0.00893. The smallest absolute Gasteiger partial charge is 0.0791 e. The summed E-state index contributed by atoms with van der Waals surface area (Å²) >= 11 is 1.78. The van der Waals surface area contributed by atoms with Crippen molar-refractivity contribution in [2.24, 2.45) is 0 Å². The molecule has 0 radical (unpaired) electrons. The Balaban J connectivity index is 1.47. The van der Waals surface area contributed by atoms with E-state index >= 15 is 0 Å². The normalized spacial score (nSPS) is 25.8. The van der Waals surface area contributed by atoms with Gasteiger partial charge < -0.3 is 9.64 Å². The van der Waals surface area contributed by atoms with Crippen molar-refractivity contribution in [3.8, 4) is 0 Å². The first-order valence-corrected chi connectivity index (χ1v) is 9.36. The topological polar surface area (TPSA) is 28.6 Å². The molecule has 0 bridgehead atoms. The number of thiophene rings is 1. The minimum atomic E-state index is 0.344. The molecule has 2 aromatic rings. The molecule has 0 spiro atoms.